The normalized spacial score (nSPS) is 17.7. The molecule has 2 heterocycles. The minimum atomic E-state index is -0.151. The van der Waals surface area contributed by atoms with E-state index in [-0.39, 0.29) is 17.9 Å². The van der Waals surface area contributed by atoms with E-state index in [0.717, 1.165) is 29.3 Å². The van der Waals surface area contributed by atoms with E-state index in [1.165, 1.54) is 17.8 Å². The lowest BCUT2D eigenvalue weighted by molar-refractivity contribution is 0.0588. The molecule has 0 atom stereocenters. The SMILES string of the molecule is CC1(C)CCCN(C(=O)c2ccc(C#CCO)s2)C1. The third-order valence-electron chi connectivity index (χ3n) is 3.30. The monoisotopic (exact) mass is 277 g/mol. The van der Waals surface area contributed by atoms with Gasteiger partial charge in [-0.15, -0.1) is 11.3 Å². The lowest BCUT2D eigenvalue weighted by atomic mass is 9.84. The fraction of sp³-hybridized carbons (Fsp3) is 0.533. The van der Waals surface area contributed by atoms with Gasteiger partial charge in [-0.25, -0.2) is 0 Å². The maximum absolute atomic E-state index is 12.4. The van der Waals surface area contributed by atoms with Crippen LogP contribution in [0.1, 0.15) is 41.2 Å². The van der Waals surface area contributed by atoms with Crippen molar-refractivity contribution in [3.8, 4) is 11.8 Å². The van der Waals surface area contributed by atoms with Gasteiger partial charge in [0, 0.05) is 13.1 Å². The first-order valence-corrected chi connectivity index (χ1v) is 7.32. The average Bonchev–Trinajstić information content (AvgIpc) is 2.83. The van der Waals surface area contributed by atoms with Gasteiger partial charge in [-0.05, 0) is 30.4 Å². The predicted octanol–water partition coefficient (Wildman–Crippen LogP) is 2.35. The number of aliphatic hydroxyl groups is 1. The molecule has 1 aliphatic heterocycles. The first-order chi connectivity index (χ1) is 9.02. The number of hydrogen-bond donors (Lipinski definition) is 1. The summed E-state index contributed by atoms with van der Waals surface area (Å²) >= 11 is 1.40. The largest absolute Gasteiger partial charge is 0.384 e. The molecule has 0 unspecified atom stereocenters. The van der Waals surface area contributed by atoms with Gasteiger partial charge in [0.05, 0.1) is 9.75 Å². The number of carbonyl (C=O) groups is 1. The Labute approximate surface area is 118 Å². The summed E-state index contributed by atoms with van der Waals surface area (Å²) in [5.41, 5.74) is 0.213. The van der Waals surface area contributed by atoms with Crippen molar-refractivity contribution in [2.75, 3.05) is 19.7 Å². The second kappa shape index (κ2) is 5.77. The van der Waals surface area contributed by atoms with Crippen molar-refractivity contribution in [2.45, 2.75) is 26.7 Å². The van der Waals surface area contributed by atoms with Crippen LogP contribution in [0.3, 0.4) is 0 Å². The molecule has 0 bridgehead atoms. The van der Waals surface area contributed by atoms with Gasteiger partial charge < -0.3 is 10.0 Å². The minimum Gasteiger partial charge on any atom is -0.384 e. The maximum Gasteiger partial charge on any atom is 0.263 e. The fourth-order valence-corrected chi connectivity index (χ4v) is 3.25. The van der Waals surface area contributed by atoms with Gasteiger partial charge in [0.15, 0.2) is 0 Å². The zero-order valence-corrected chi connectivity index (χ0v) is 12.2. The van der Waals surface area contributed by atoms with E-state index in [1.54, 1.807) is 0 Å². The lowest BCUT2D eigenvalue weighted by Crippen LogP contribution is -2.43. The molecule has 1 fully saturated rings. The first kappa shape index (κ1) is 14.1. The highest BCUT2D eigenvalue weighted by molar-refractivity contribution is 7.14. The summed E-state index contributed by atoms with van der Waals surface area (Å²) in [4.78, 5) is 15.9. The Bertz CT molecular complexity index is 522. The predicted molar refractivity (Wildman–Crippen MR) is 77.2 cm³/mol. The quantitative estimate of drug-likeness (QED) is 0.801. The van der Waals surface area contributed by atoms with Crippen molar-refractivity contribution in [3.63, 3.8) is 0 Å². The number of thiophene rings is 1. The lowest BCUT2D eigenvalue weighted by Gasteiger charge is -2.37. The Balaban J connectivity index is 2.09. The van der Waals surface area contributed by atoms with Crippen molar-refractivity contribution < 1.29 is 9.90 Å². The van der Waals surface area contributed by atoms with Crippen molar-refractivity contribution in [3.05, 3.63) is 21.9 Å². The molecular weight excluding hydrogens is 258 g/mol. The highest BCUT2D eigenvalue weighted by atomic mass is 32.1. The molecule has 2 rings (SSSR count). The standard InChI is InChI=1S/C15H19NO2S/c1-15(2)8-4-9-16(11-15)14(18)13-7-6-12(19-13)5-3-10-17/h6-7,17H,4,8-11H2,1-2H3. The van der Waals surface area contributed by atoms with Crippen molar-refractivity contribution >= 4 is 17.2 Å². The molecule has 1 aromatic heterocycles. The number of amides is 1. The summed E-state index contributed by atoms with van der Waals surface area (Å²) in [6.07, 6.45) is 2.25. The highest BCUT2D eigenvalue weighted by Crippen LogP contribution is 2.30. The average molecular weight is 277 g/mol. The maximum atomic E-state index is 12.4. The van der Waals surface area contributed by atoms with Crippen LogP contribution in [0.2, 0.25) is 0 Å². The molecule has 19 heavy (non-hydrogen) atoms. The summed E-state index contributed by atoms with van der Waals surface area (Å²) in [5, 5.41) is 8.66. The Morgan fingerprint density at radius 3 is 3.00 bits per heavy atom. The Hall–Kier alpha value is -1.31. The Morgan fingerprint density at radius 2 is 2.32 bits per heavy atom. The summed E-state index contributed by atoms with van der Waals surface area (Å²) in [6.45, 7) is 5.93. The second-order valence-electron chi connectivity index (χ2n) is 5.62. The van der Waals surface area contributed by atoms with Crippen molar-refractivity contribution in [1.82, 2.24) is 4.90 Å². The van der Waals surface area contributed by atoms with Gasteiger partial charge in [0.2, 0.25) is 0 Å². The van der Waals surface area contributed by atoms with Crippen molar-refractivity contribution in [1.29, 1.82) is 0 Å². The van der Waals surface area contributed by atoms with Crippen LogP contribution in [-0.4, -0.2) is 35.6 Å². The molecule has 1 amide bonds. The smallest absolute Gasteiger partial charge is 0.263 e. The van der Waals surface area contributed by atoms with Gasteiger partial charge in [0.1, 0.15) is 6.61 Å². The zero-order valence-electron chi connectivity index (χ0n) is 11.4. The number of piperidine rings is 1. The van der Waals surface area contributed by atoms with E-state index in [0.29, 0.717) is 0 Å². The van der Waals surface area contributed by atoms with Gasteiger partial charge in [-0.2, -0.15) is 0 Å². The number of hydrogen-bond acceptors (Lipinski definition) is 3. The summed E-state index contributed by atoms with van der Waals surface area (Å²) in [5.74, 6) is 5.54. The van der Waals surface area contributed by atoms with E-state index < -0.39 is 0 Å². The molecule has 0 saturated carbocycles. The van der Waals surface area contributed by atoms with Crippen LogP contribution in [0.25, 0.3) is 0 Å². The van der Waals surface area contributed by atoms with E-state index in [4.69, 9.17) is 5.11 Å². The third-order valence-corrected chi connectivity index (χ3v) is 4.28. The van der Waals surface area contributed by atoms with Crippen LogP contribution in [0, 0.1) is 17.3 Å². The number of aliphatic hydroxyl groups excluding tert-OH is 1. The summed E-state index contributed by atoms with van der Waals surface area (Å²) < 4.78 is 0. The van der Waals surface area contributed by atoms with Crippen LogP contribution >= 0.6 is 11.3 Å². The van der Waals surface area contributed by atoms with Gasteiger partial charge in [-0.3, -0.25) is 4.79 Å². The van der Waals surface area contributed by atoms with E-state index in [9.17, 15) is 4.79 Å². The molecule has 1 saturated heterocycles. The third kappa shape index (κ3) is 3.59. The fourth-order valence-electron chi connectivity index (χ4n) is 2.40. The van der Waals surface area contributed by atoms with Crippen LogP contribution in [-0.2, 0) is 0 Å². The molecule has 1 N–H and O–H groups in total. The van der Waals surface area contributed by atoms with Gasteiger partial charge in [-0.1, -0.05) is 25.7 Å². The molecule has 1 aliphatic rings. The van der Waals surface area contributed by atoms with Crippen LogP contribution < -0.4 is 0 Å². The van der Waals surface area contributed by atoms with Crippen LogP contribution in [0.15, 0.2) is 12.1 Å². The topological polar surface area (TPSA) is 40.5 Å². The molecular formula is C15H19NO2S. The van der Waals surface area contributed by atoms with Gasteiger partial charge in [0.25, 0.3) is 5.91 Å². The van der Waals surface area contributed by atoms with E-state index in [1.807, 2.05) is 17.0 Å². The van der Waals surface area contributed by atoms with Crippen molar-refractivity contribution in [2.24, 2.45) is 5.41 Å². The van der Waals surface area contributed by atoms with Crippen LogP contribution in [0.5, 0.6) is 0 Å². The highest BCUT2D eigenvalue weighted by Gasteiger charge is 2.29. The van der Waals surface area contributed by atoms with E-state index in [2.05, 4.69) is 25.7 Å². The molecule has 102 valence electrons. The number of rotatable bonds is 1. The molecule has 3 nitrogen and oxygen atoms in total. The molecule has 0 aromatic carbocycles. The molecule has 0 spiro atoms. The van der Waals surface area contributed by atoms with Gasteiger partial charge >= 0.3 is 0 Å². The molecule has 1 aromatic rings. The summed E-state index contributed by atoms with van der Waals surface area (Å²) in [7, 11) is 0. The Morgan fingerprint density at radius 1 is 1.53 bits per heavy atom. The first-order valence-electron chi connectivity index (χ1n) is 6.51. The zero-order chi connectivity index (χ0) is 13.9. The Kier molecular flexibility index (Phi) is 4.28. The second-order valence-corrected chi connectivity index (χ2v) is 6.70. The minimum absolute atomic E-state index is 0.106. The molecule has 4 heteroatoms. The van der Waals surface area contributed by atoms with Crippen LogP contribution in [0.4, 0.5) is 0 Å². The molecule has 0 aliphatic carbocycles. The summed E-state index contributed by atoms with van der Waals surface area (Å²) in [6, 6.07) is 3.67. The number of carbonyl (C=O) groups excluding carboxylic acids is 1. The van der Waals surface area contributed by atoms with E-state index >= 15 is 0 Å². The molecule has 0 radical (unpaired) electrons. The number of likely N-dealkylation sites (tertiary alicyclic amines) is 1. The number of nitrogens with zero attached hydrogens (tertiary/aromatic N) is 1.